The summed E-state index contributed by atoms with van der Waals surface area (Å²) in [6.45, 7) is 3.78. The molecule has 0 spiro atoms. The molecule has 1 heterocycles. The largest absolute Gasteiger partial charge is 0.416 e. The van der Waals surface area contributed by atoms with Crippen LogP contribution < -0.4 is 5.32 Å². The van der Waals surface area contributed by atoms with Crippen molar-refractivity contribution in [3.05, 3.63) is 47.5 Å². The van der Waals surface area contributed by atoms with E-state index in [1.807, 2.05) is 13.8 Å². The van der Waals surface area contributed by atoms with Crippen molar-refractivity contribution in [1.29, 1.82) is 0 Å². The van der Waals surface area contributed by atoms with Crippen LogP contribution in [-0.4, -0.2) is 20.7 Å². The SMILES string of the molecule is CC(C)[C@@H](NC(=O)Cc1ccccc1C(F)(F)F)c1ncnn1C. The molecule has 0 bridgehead atoms. The van der Waals surface area contributed by atoms with Crippen molar-refractivity contribution >= 4 is 5.91 Å². The molecule has 5 nitrogen and oxygen atoms in total. The van der Waals surface area contributed by atoms with Gasteiger partial charge < -0.3 is 5.32 Å². The summed E-state index contributed by atoms with van der Waals surface area (Å²) in [6, 6.07) is 4.66. The molecule has 0 saturated carbocycles. The lowest BCUT2D eigenvalue weighted by atomic mass is 10.0. The van der Waals surface area contributed by atoms with E-state index in [0.29, 0.717) is 5.82 Å². The van der Waals surface area contributed by atoms with Crippen LogP contribution in [0.25, 0.3) is 0 Å². The first-order chi connectivity index (χ1) is 11.2. The number of carbonyl (C=O) groups excluding carboxylic acids is 1. The molecule has 2 aromatic rings. The van der Waals surface area contributed by atoms with E-state index in [9.17, 15) is 18.0 Å². The molecule has 2 rings (SSSR count). The lowest BCUT2D eigenvalue weighted by Crippen LogP contribution is -2.35. The van der Waals surface area contributed by atoms with Crippen LogP contribution in [0.1, 0.15) is 36.8 Å². The van der Waals surface area contributed by atoms with Gasteiger partial charge in [0.05, 0.1) is 18.0 Å². The molecule has 1 N–H and O–H groups in total. The molecular formula is C16H19F3N4O. The fourth-order valence-electron chi connectivity index (χ4n) is 2.46. The Bertz CT molecular complexity index is 709. The number of alkyl halides is 3. The van der Waals surface area contributed by atoms with Gasteiger partial charge in [0.2, 0.25) is 5.91 Å². The van der Waals surface area contributed by atoms with E-state index >= 15 is 0 Å². The number of aromatic nitrogens is 3. The Kier molecular flexibility index (Phi) is 5.26. The number of nitrogens with zero attached hydrogens (tertiary/aromatic N) is 3. The topological polar surface area (TPSA) is 59.8 Å². The van der Waals surface area contributed by atoms with Crippen molar-refractivity contribution in [2.75, 3.05) is 0 Å². The molecule has 0 radical (unpaired) electrons. The van der Waals surface area contributed by atoms with E-state index in [4.69, 9.17) is 0 Å². The maximum Gasteiger partial charge on any atom is 0.416 e. The number of hydrogen-bond acceptors (Lipinski definition) is 3. The second-order valence-corrected chi connectivity index (χ2v) is 5.86. The third-order valence-corrected chi connectivity index (χ3v) is 3.68. The van der Waals surface area contributed by atoms with E-state index in [2.05, 4.69) is 15.4 Å². The summed E-state index contributed by atoms with van der Waals surface area (Å²) in [4.78, 5) is 16.4. The van der Waals surface area contributed by atoms with Gasteiger partial charge in [0.25, 0.3) is 0 Å². The highest BCUT2D eigenvalue weighted by molar-refractivity contribution is 5.79. The quantitative estimate of drug-likeness (QED) is 0.910. The van der Waals surface area contributed by atoms with E-state index < -0.39 is 23.7 Å². The van der Waals surface area contributed by atoms with Crippen LogP contribution in [0.2, 0.25) is 0 Å². The summed E-state index contributed by atoms with van der Waals surface area (Å²) < 4.78 is 40.6. The smallest absolute Gasteiger partial charge is 0.346 e. The Morgan fingerprint density at radius 3 is 2.50 bits per heavy atom. The molecule has 1 amide bonds. The van der Waals surface area contributed by atoms with Crippen molar-refractivity contribution in [2.45, 2.75) is 32.5 Å². The summed E-state index contributed by atoms with van der Waals surface area (Å²) in [5, 5.41) is 6.72. The average molecular weight is 340 g/mol. The number of carbonyl (C=O) groups is 1. The van der Waals surface area contributed by atoms with Gasteiger partial charge in [0.1, 0.15) is 12.2 Å². The van der Waals surface area contributed by atoms with Gasteiger partial charge >= 0.3 is 6.18 Å². The number of benzene rings is 1. The Hall–Kier alpha value is -2.38. The highest BCUT2D eigenvalue weighted by Gasteiger charge is 2.33. The second kappa shape index (κ2) is 7.02. The molecule has 0 aliphatic carbocycles. The number of halogens is 3. The predicted molar refractivity (Wildman–Crippen MR) is 81.9 cm³/mol. The van der Waals surface area contributed by atoms with Crippen LogP contribution in [0.3, 0.4) is 0 Å². The summed E-state index contributed by atoms with van der Waals surface area (Å²) in [6.07, 6.45) is -3.47. The minimum absolute atomic E-state index is 0.00899. The molecule has 24 heavy (non-hydrogen) atoms. The van der Waals surface area contributed by atoms with Crippen LogP contribution >= 0.6 is 0 Å². The van der Waals surface area contributed by atoms with E-state index in [0.717, 1.165) is 6.07 Å². The van der Waals surface area contributed by atoms with Gasteiger partial charge in [0, 0.05) is 7.05 Å². The first-order valence-corrected chi connectivity index (χ1v) is 7.48. The summed E-state index contributed by atoms with van der Waals surface area (Å²) in [5.74, 6) is 0.0746. The standard InChI is InChI=1S/C16H19F3N4O/c1-10(2)14(15-20-9-21-23(15)3)22-13(24)8-11-6-4-5-7-12(11)16(17,18)19/h4-7,9-10,14H,8H2,1-3H3,(H,22,24)/t14-/m1/s1. The molecule has 1 aromatic carbocycles. The highest BCUT2D eigenvalue weighted by Crippen LogP contribution is 2.32. The van der Waals surface area contributed by atoms with Gasteiger partial charge in [0.15, 0.2) is 0 Å². The maximum absolute atomic E-state index is 13.0. The molecule has 1 aromatic heterocycles. The Labute approximate surface area is 137 Å². The van der Waals surface area contributed by atoms with E-state index in [1.54, 1.807) is 7.05 Å². The van der Waals surface area contributed by atoms with E-state index in [-0.39, 0.29) is 17.9 Å². The van der Waals surface area contributed by atoms with Crippen molar-refractivity contribution in [2.24, 2.45) is 13.0 Å². The predicted octanol–water partition coefficient (Wildman–Crippen LogP) is 2.89. The number of hydrogen-bond donors (Lipinski definition) is 1. The third-order valence-electron chi connectivity index (χ3n) is 3.68. The fraction of sp³-hybridized carbons (Fsp3) is 0.438. The molecular weight excluding hydrogens is 321 g/mol. The number of amides is 1. The zero-order chi connectivity index (χ0) is 17.9. The maximum atomic E-state index is 13.0. The monoisotopic (exact) mass is 340 g/mol. The number of rotatable bonds is 5. The molecule has 8 heteroatoms. The highest BCUT2D eigenvalue weighted by atomic mass is 19.4. The van der Waals surface area contributed by atoms with E-state index in [1.165, 1.54) is 29.2 Å². The van der Waals surface area contributed by atoms with Crippen molar-refractivity contribution in [1.82, 2.24) is 20.1 Å². The zero-order valence-electron chi connectivity index (χ0n) is 13.6. The number of aryl methyl sites for hydroxylation is 1. The lowest BCUT2D eigenvalue weighted by molar-refractivity contribution is -0.138. The summed E-state index contributed by atoms with van der Waals surface area (Å²) in [5.41, 5.74) is -0.845. The molecule has 0 unspecified atom stereocenters. The van der Waals surface area contributed by atoms with Crippen LogP contribution in [-0.2, 0) is 24.4 Å². The minimum Gasteiger partial charge on any atom is -0.346 e. The van der Waals surface area contributed by atoms with Gasteiger partial charge in [-0.2, -0.15) is 18.3 Å². The molecule has 0 aliphatic heterocycles. The Morgan fingerprint density at radius 1 is 1.29 bits per heavy atom. The Morgan fingerprint density at radius 2 is 1.96 bits per heavy atom. The average Bonchev–Trinajstić information content (AvgIpc) is 2.90. The van der Waals surface area contributed by atoms with Crippen LogP contribution in [0, 0.1) is 5.92 Å². The fourth-order valence-corrected chi connectivity index (χ4v) is 2.46. The molecule has 0 aliphatic rings. The van der Waals surface area contributed by atoms with Gasteiger partial charge in [-0.25, -0.2) is 4.98 Å². The van der Waals surface area contributed by atoms with Crippen LogP contribution in [0.4, 0.5) is 13.2 Å². The minimum atomic E-state index is -4.49. The first-order valence-electron chi connectivity index (χ1n) is 7.48. The zero-order valence-corrected chi connectivity index (χ0v) is 13.6. The van der Waals surface area contributed by atoms with Crippen LogP contribution in [0.15, 0.2) is 30.6 Å². The second-order valence-electron chi connectivity index (χ2n) is 5.86. The van der Waals surface area contributed by atoms with Gasteiger partial charge in [-0.3, -0.25) is 9.48 Å². The van der Waals surface area contributed by atoms with Gasteiger partial charge in [-0.05, 0) is 17.5 Å². The molecule has 1 atom stereocenters. The first kappa shape index (κ1) is 18.0. The number of nitrogens with one attached hydrogen (secondary N) is 1. The molecule has 0 saturated heterocycles. The van der Waals surface area contributed by atoms with Crippen molar-refractivity contribution in [3.63, 3.8) is 0 Å². The third kappa shape index (κ3) is 4.12. The van der Waals surface area contributed by atoms with Gasteiger partial charge in [-0.1, -0.05) is 32.0 Å². The van der Waals surface area contributed by atoms with Crippen molar-refractivity contribution in [3.8, 4) is 0 Å². The lowest BCUT2D eigenvalue weighted by Gasteiger charge is -2.22. The van der Waals surface area contributed by atoms with Crippen molar-refractivity contribution < 1.29 is 18.0 Å². The molecule has 0 fully saturated rings. The molecule has 130 valence electrons. The van der Waals surface area contributed by atoms with Crippen LogP contribution in [0.5, 0.6) is 0 Å². The van der Waals surface area contributed by atoms with Gasteiger partial charge in [-0.15, -0.1) is 0 Å². The normalized spacial score (nSPS) is 13.1. The summed E-state index contributed by atoms with van der Waals surface area (Å²) >= 11 is 0. The summed E-state index contributed by atoms with van der Waals surface area (Å²) in [7, 11) is 1.70. The Balaban J connectivity index is 2.17.